The predicted molar refractivity (Wildman–Crippen MR) is 123 cm³/mol. The first-order valence-electron chi connectivity index (χ1n) is 11.4. The third kappa shape index (κ3) is 5.05. The lowest BCUT2D eigenvalue weighted by Crippen LogP contribution is -2.30. The first-order chi connectivity index (χ1) is 16.7. The second-order valence-electron chi connectivity index (χ2n) is 8.74. The molecule has 1 aliphatic heterocycles. The van der Waals surface area contributed by atoms with Gasteiger partial charge in [0.05, 0.1) is 23.6 Å². The molecule has 0 spiro atoms. The summed E-state index contributed by atoms with van der Waals surface area (Å²) in [6.45, 7) is 4.06. The molecule has 11 heteroatoms. The van der Waals surface area contributed by atoms with Crippen LogP contribution in [0.1, 0.15) is 61.9 Å². The fourth-order valence-corrected chi connectivity index (χ4v) is 4.61. The standard InChI is InChI=1S/C24H27ClN2O8/c1-11-8-13(28)9-15(29)18(11)21(30)19-16(32-3)10-14(20(25)22(19)31)24-27-26-23(35-24)12(2)34-17-6-4-5-7-33-17/h9-12,17-18,29,31H,4-8H2,1-3H3/t11-,12+,17?,18-/m1/s1. The van der Waals surface area contributed by atoms with E-state index in [1.165, 1.54) is 13.2 Å². The Balaban J connectivity index is 1.64. The van der Waals surface area contributed by atoms with Gasteiger partial charge >= 0.3 is 0 Å². The Morgan fingerprint density at radius 1 is 1.29 bits per heavy atom. The molecule has 2 aromatic rings. The van der Waals surface area contributed by atoms with E-state index in [4.69, 9.17) is 30.2 Å². The minimum atomic E-state index is -1.02. The summed E-state index contributed by atoms with van der Waals surface area (Å²) >= 11 is 6.42. The van der Waals surface area contributed by atoms with Crippen LogP contribution in [0.4, 0.5) is 0 Å². The minimum Gasteiger partial charge on any atom is -0.511 e. The number of phenolic OH excluding ortho intramolecular Hbond substituents is 1. The zero-order valence-corrected chi connectivity index (χ0v) is 20.4. The predicted octanol–water partition coefficient (Wildman–Crippen LogP) is 4.56. The van der Waals surface area contributed by atoms with Crippen molar-refractivity contribution in [2.24, 2.45) is 11.8 Å². The lowest BCUT2D eigenvalue weighted by molar-refractivity contribution is -0.190. The molecular weight excluding hydrogens is 480 g/mol. The maximum absolute atomic E-state index is 13.3. The number of phenols is 1. The van der Waals surface area contributed by atoms with Crippen molar-refractivity contribution in [3.05, 3.63) is 34.4 Å². The highest BCUT2D eigenvalue weighted by Gasteiger charge is 2.38. The summed E-state index contributed by atoms with van der Waals surface area (Å²) in [5, 5.41) is 29.0. The van der Waals surface area contributed by atoms with Crippen LogP contribution in [-0.4, -0.2) is 52.0 Å². The van der Waals surface area contributed by atoms with Gasteiger partial charge in [-0.3, -0.25) is 9.59 Å². The van der Waals surface area contributed by atoms with E-state index < -0.39 is 29.5 Å². The summed E-state index contributed by atoms with van der Waals surface area (Å²) < 4.78 is 22.5. The topological polar surface area (TPSA) is 141 Å². The van der Waals surface area contributed by atoms with Gasteiger partial charge in [0.1, 0.15) is 28.9 Å². The summed E-state index contributed by atoms with van der Waals surface area (Å²) in [4.78, 5) is 25.0. The number of carbonyl (C=O) groups excluding carboxylic acids is 2. The van der Waals surface area contributed by atoms with Gasteiger partial charge in [-0.05, 0) is 38.2 Å². The van der Waals surface area contributed by atoms with Gasteiger partial charge in [0, 0.05) is 19.1 Å². The van der Waals surface area contributed by atoms with Gasteiger partial charge in [-0.1, -0.05) is 18.5 Å². The van der Waals surface area contributed by atoms with Crippen molar-refractivity contribution in [2.75, 3.05) is 13.7 Å². The average Bonchev–Trinajstić information content (AvgIpc) is 3.30. The van der Waals surface area contributed by atoms with Crippen molar-refractivity contribution in [3.8, 4) is 23.0 Å². The number of ketones is 2. The van der Waals surface area contributed by atoms with Crippen LogP contribution in [0.3, 0.4) is 0 Å². The Labute approximate surface area is 206 Å². The maximum Gasteiger partial charge on any atom is 0.249 e. The van der Waals surface area contributed by atoms with Gasteiger partial charge in [0.2, 0.25) is 11.8 Å². The normalized spacial score (nSPS) is 23.6. The van der Waals surface area contributed by atoms with Gasteiger partial charge in [0.15, 0.2) is 17.9 Å². The number of aliphatic hydroxyl groups is 1. The molecule has 1 aromatic carbocycles. The lowest BCUT2D eigenvalue weighted by Gasteiger charge is -2.26. The molecule has 1 fully saturated rings. The van der Waals surface area contributed by atoms with Crippen molar-refractivity contribution in [2.45, 2.75) is 51.9 Å². The number of rotatable bonds is 7. The number of methoxy groups -OCH3 is 1. The van der Waals surface area contributed by atoms with Crippen LogP contribution in [0.15, 0.2) is 22.3 Å². The zero-order valence-electron chi connectivity index (χ0n) is 19.6. The minimum absolute atomic E-state index is 0.00279. The van der Waals surface area contributed by atoms with Gasteiger partial charge in [-0.25, -0.2) is 0 Å². The number of hydrogen-bond donors (Lipinski definition) is 2. The fourth-order valence-electron chi connectivity index (χ4n) is 4.38. The molecule has 0 amide bonds. The number of halogens is 1. The number of carbonyl (C=O) groups is 2. The zero-order chi connectivity index (χ0) is 25.3. The molecule has 0 saturated carbocycles. The molecule has 10 nitrogen and oxygen atoms in total. The molecule has 4 atom stereocenters. The second-order valence-corrected chi connectivity index (χ2v) is 9.12. The molecule has 188 valence electrons. The summed E-state index contributed by atoms with van der Waals surface area (Å²) in [6.07, 6.45) is 3.01. The molecule has 0 radical (unpaired) electrons. The largest absolute Gasteiger partial charge is 0.511 e. The third-order valence-corrected chi connectivity index (χ3v) is 6.57. The smallest absolute Gasteiger partial charge is 0.249 e. The number of nitrogens with zero attached hydrogens (tertiary/aromatic N) is 2. The van der Waals surface area contributed by atoms with Crippen LogP contribution in [0.2, 0.25) is 5.02 Å². The number of aliphatic hydroxyl groups excluding tert-OH is 1. The van der Waals surface area contributed by atoms with Crippen LogP contribution >= 0.6 is 11.6 Å². The van der Waals surface area contributed by atoms with Crippen LogP contribution in [0.5, 0.6) is 11.5 Å². The Kier molecular flexibility index (Phi) is 7.44. The molecule has 0 bridgehead atoms. The summed E-state index contributed by atoms with van der Waals surface area (Å²) in [7, 11) is 1.33. The number of ether oxygens (including phenoxy) is 3. The van der Waals surface area contributed by atoms with E-state index in [0.29, 0.717) is 6.61 Å². The van der Waals surface area contributed by atoms with E-state index in [2.05, 4.69) is 10.2 Å². The van der Waals surface area contributed by atoms with Crippen molar-refractivity contribution >= 4 is 23.2 Å². The van der Waals surface area contributed by atoms with Gasteiger partial charge in [0.25, 0.3) is 0 Å². The number of allylic oxidation sites excluding steroid dienone is 2. The van der Waals surface area contributed by atoms with Crippen LogP contribution in [0, 0.1) is 11.8 Å². The third-order valence-electron chi connectivity index (χ3n) is 6.18. The van der Waals surface area contributed by atoms with Crippen molar-refractivity contribution in [3.63, 3.8) is 0 Å². The van der Waals surface area contributed by atoms with E-state index >= 15 is 0 Å². The Morgan fingerprint density at radius 3 is 2.71 bits per heavy atom. The van der Waals surface area contributed by atoms with Gasteiger partial charge in [-0.15, -0.1) is 10.2 Å². The van der Waals surface area contributed by atoms with Crippen molar-refractivity contribution in [1.29, 1.82) is 0 Å². The molecule has 35 heavy (non-hydrogen) atoms. The number of aromatic nitrogens is 2. The number of aromatic hydroxyl groups is 1. The molecule has 2 N–H and O–H groups in total. The first-order valence-corrected chi connectivity index (χ1v) is 11.8. The van der Waals surface area contributed by atoms with E-state index in [9.17, 15) is 19.8 Å². The molecule has 1 aliphatic carbocycles. The van der Waals surface area contributed by atoms with Crippen LogP contribution in [0.25, 0.3) is 11.5 Å². The lowest BCUT2D eigenvalue weighted by atomic mass is 9.78. The highest BCUT2D eigenvalue weighted by atomic mass is 35.5. The molecule has 4 rings (SSSR count). The Morgan fingerprint density at radius 2 is 2.06 bits per heavy atom. The van der Waals surface area contributed by atoms with E-state index in [-0.39, 0.29) is 57.9 Å². The molecule has 1 saturated heterocycles. The highest BCUT2D eigenvalue weighted by molar-refractivity contribution is 6.35. The van der Waals surface area contributed by atoms with E-state index in [1.807, 2.05) is 0 Å². The number of benzene rings is 1. The molecule has 2 aliphatic rings. The summed E-state index contributed by atoms with van der Waals surface area (Å²) in [5.41, 5.74) is -0.0534. The summed E-state index contributed by atoms with van der Waals surface area (Å²) in [6, 6.07) is 1.40. The first kappa shape index (κ1) is 25.2. The Hall–Kier alpha value is -2.95. The van der Waals surface area contributed by atoms with E-state index in [0.717, 1.165) is 25.3 Å². The monoisotopic (exact) mass is 506 g/mol. The second kappa shape index (κ2) is 10.3. The molecule has 2 heterocycles. The highest BCUT2D eigenvalue weighted by Crippen LogP contribution is 2.45. The fraction of sp³-hybridized carbons (Fsp3) is 0.500. The van der Waals surface area contributed by atoms with Crippen molar-refractivity contribution in [1.82, 2.24) is 10.2 Å². The molecule has 1 aromatic heterocycles. The van der Waals surface area contributed by atoms with Crippen LogP contribution < -0.4 is 4.74 Å². The summed E-state index contributed by atoms with van der Waals surface area (Å²) in [5.74, 6) is -3.12. The quantitative estimate of drug-likeness (QED) is 0.513. The Bertz CT molecular complexity index is 1150. The van der Waals surface area contributed by atoms with Crippen molar-refractivity contribution < 1.29 is 38.4 Å². The number of hydrogen-bond acceptors (Lipinski definition) is 10. The van der Waals surface area contributed by atoms with Gasteiger partial charge < -0.3 is 28.8 Å². The molecular formula is C24H27ClN2O8. The van der Waals surface area contributed by atoms with Crippen LogP contribution in [-0.2, 0) is 14.3 Å². The number of Topliss-reactive ketones (excluding diaryl/α,β-unsaturated/α-hetero) is 1. The average molecular weight is 507 g/mol. The maximum atomic E-state index is 13.3. The SMILES string of the molecule is COc1cc(-c2nnc([C@H](C)OC3CCCCO3)o2)c(Cl)c(O)c1C(=O)[C@H]1C(O)=CC(=O)C[C@H]1C. The van der Waals surface area contributed by atoms with E-state index in [1.54, 1.807) is 13.8 Å². The van der Waals surface area contributed by atoms with Gasteiger partial charge in [-0.2, -0.15) is 0 Å². The molecule has 1 unspecified atom stereocenters.